The van der Waals surface area contributed by atoms with Crippen molar-refractivity contribution in [1.82, 2.24) is 9.88 Å². The van der Waals surface area contributed by atoms with Gasteiger partial charge in [-0.1, -0.05) is 26.3 Å². The van der Waals surface area contributed by atoms with E-state index in [0.29, 0.717) is 18.6 Å². The van der Waals surface area contributed by atoms with Crippen molar-refractivity contribution < 1.29 is 4.74 Å². The van der Waals surface area contributed by atoms with Gasteiger partial charge in [-0.05, 0) is 38.3 Å². The van der Waals surface area contributed by atoms with E-state index in [4.69, 9.17) is 4.74 Å². The van der Waals surface area contributed by atoms with Crippen LogP contribution in [0.25, 0.3) is 0 Å². The number of pyridine rings is 1. The molecular weight excluding hydrogens is 236 g/mol. The molecule has 1 atom stereocenters. The Morgan fingerprint density at radius 2 is 2.26 bits per heavy atom. The predicted molar refractivity (Wildman–Crippen MR) is 78.4 cm³/mol. The Kier molecular flexibility index (Phi) is 5.20. The molecule has 1 saturated heterocycles. The van der Waals surface area contributed by atoms with Gasteiger partial charge in [-0.3, -0.25) is 4.90 Å². The summed E-state index contributed by atoms with van der Waals surface area (Å²) in [5, 5.41) is 0. The number of hydrogen-bond acceptors (Lipinski definition) is 3. The molecule has 0 unspecified atom stereocenters. The maximum atomic E-state index is 5.71. The molecule has 2 heterocycles. The van der Waals surface area contributed by atoms with Crippen molar-refractivity contribution in [3.8, 4) is 5.88 Å². The smallest absolute Gasteiger partial charge is 0.218 e. The first-order valence-corrected chi connectivity index (χ1v) is 7.54. The number of rotatable bonds is 5. The molecule has 0 amide bonds. The van der Waals surface area contributed by atoms with Gasteiger partial charge in [-0.15, -0.1) is 0 Å². The van der Waals surface area contributed by atoms with Crippen molar-refractivity contribution >= 4 is 0 Å². The Hall–Kier alpha value is -1.09. The molecule has 1 fully saturated rings. The number of hydrogen-bond donors (Lipinski definition) is 0. The summed E-state index contributed by atoms with van der Waals surface area (Å²) in [5.41, 5.74) is 1.27. The molecule has 2 rings (SSSR count). The zero-order valence-electron chi connectivity index (χ0n) is 12.4. The van der Waals surface area contributed by atoms with Gasteiger partial charge in [-0.25, -0.2) is 4.98 Å². The molecule has 3 nitrogen and oxygen atoms in total. The summed E-state index contributed by atoms with van der Waals surface area (Å²) in [6.07, 6.45) is 5.66. The van der Waals surface area contributed by atoms with Crippen LogP contribution in [0.15, 0.2) is 18.3 Å². The molecule has 106 valence electrons. The van der Waals surface area contributed by atoms with Gasteiger partial charge >= 0.3 is 0 Å². The summed E-state index contributed by atoms with van der Waals surface area (Å²) in [6, 6.07) is 4.69. The lowest BCUT2D eigenvalue weighted by molar-refractivity contribution is 0.128. The van der Waals surface area contributed by atoms with Crippen molar-refractivity contribution in [1.29, 1.82) is 0 Å². The van der Waals surface area contributed by atoms with Gasteiger partial charge in [0.25, 0.3) is 0 Å². The molecule has 0 N–H and O–H groups in total. The molecule has 0 aliphatic carbocycles. The van der Waals surface area contributed by atoms with E-state index in [9.17, 15) is 0 Å². The average molecular weight is 262 g/mol. The molecule has 0 radical (unpaired) electrons. The van der Waals surface area contributed by atoms with Crippen molar-refractivity contribution in [3.05, 3.63) is 23.9 Å². The summed E-state index contributed by atoms with van der Waals surface area (Å²) >= 11 is 0. The van der Waals surface area contributed by atoms with Gasteiger partial charge in [0.1, 0.15) is 0 Å². The molecule has 0 aromatic carbocycles. The third-order valence-corrected chi connectivity index (χ3v) is 3.65. The van der Waals surface area contributed by atoms with Crippen LogP contribution in [0.2, 0.25) is 0 Å². The van der Waals surface area contributed by atoms with Gasteiger partial charge in [0, 0.05) is 24.3 Å². The first kappa shape index (κ1) is 14.3. The minimum atomic E-state index is 0.478. The Labute approximate surface area is 117 Å². The molecule has 0 bridgehead atoms. The van der Waals surface area contributed by atoms with E-state index in [0.717, 1.165) is 12.4 Å². The summed E-state index contributed by atoms with van der Waals surface area (Å²) in [4.78, 5) is 7.01. The molecule has 19 heavy (non-hydrogen) atoms. The topological polar surface area (TPSA) is 25.4 Å². The Morgan fingerprint density at radius 1 is 1.42 bits per heavy atom. The fourth-order valence-corrected chi connectivity index (χ4v) is 2.94. The van der Waals surface area contributed by atoms with Gasteiger partial charge in [0.15, 0.2) is 0 Å². The lowest BCUT2D eigenvalue weighted by Crippen LogP contribution is -2.36. The van der Waals surface area contributed by atoms with Gasteiger partial charge < -0.3 is 4.74 Å². The highest BCUT2D eigenvalue weighted by atomic mass is 16.5. The third-order valence-electron chi connectivity index (χ3n) is 3.65. The van der Waals surface area contributed by atoms with Crippen LogP contribution in [-0.2, 0) is 0 Å². The standard InChI is InChI=1S/C16H26N2O/c1-4-19-16-14(8-7-10-17-16)15-9-5-6-11-18(15)12-13(2)3/h7-8,10,13,15H,4-6,9,11-12H2,1-3H3/t15-/m1/s1. The Balaban J connectivity index is 2.21. The molecule has 3 heteroatoms. The molecule has 1 aromatic rings. The van der Waals surface area contributed by atoms with Crippen molar-refractivity contribution in [2.75, 3.05) is 19.7 Å². The maximum Gasteiger partial charge on any atom is 0.218 e. The Morgan fingerprint density at radius 3 is 3.00 bits per heavy atom. The predicted octanol–water partition coefficient (Wildman–Crippen LogP) is 3.66. The molecular formula is C16H26N2O. The third kappa shape index (κ3) is 3.69. The number of nitrogens with zero attached hydrogens (tertiary/aromatic N) is 2. The van der Waals surface area contributed by atoms with Crippen LogP contribution in [-0.4, -0.2) is 29.6 Å². The number of piperidine rings is 1. The van der Waals surface area contributed by atoms with E-state index in [2.05, 4.69) is 29.8 Å². The van der Waals surface area contributed by atoms with Crippen molar-refractivity contribution in [2.45, 2.75) is 46.1 Å². The number of aromatic nitrogens is 1. The quantitative estimate of drug-likeness (QED) is 0.809. The monoisotopic (exact) mass is 262 g/mol. The van der Waals surface area contributed by atoms with Crippen LogP contribution >= 0.6 is 0 Å². The summed E-state index contributed by atoms with van der Waals surface area (Å²) < 4.78 is 5.71. The average Bonchev–Trinajstić information content (AvgIpc) is 2.40. The second-order valence-corrected chi connectivity index (χ2v) is 5.73. The van der Waals surface area contributed by atoms with Crippen molar-refractivity contribution in [2.24, 2.45) is 5.92 Å². The molecule has 1 aliphatic rings. The maximum absolute atomic E-state index is 5.71. The van der Waals surface area contributed by atoms with E-state index < -0.39 is 0 Å². The van der Waals surface area contributed by atoms with E-state index in [1.807, 2.05) is 19.2 Å². The van der Waals surface area contributed by atoms with E-state index >= 15 is 0 Å². The molecule has 1 aromatic heterocycles. The van der Waals surface area contributed by atoms with Crippen LogP contribution < -0.4 is 4.74 Å². The first-order chi connectivity index (χ1) is 9.22. The fraction of sp³-hybridized carbons (Fsp3) is 0.688. The first-order valence-electron chi connectivity index (χ1n) is 7.54. The lowest BCUT2D eigenvalue weighted by atomic mass is 9.95. The zero-order valence-corrected chi connectivity index (χ0v) is 12.4. The van der Waals surface area contributed by atoms with Crippen LogP contribution in [0.5, 0.6) is 5.88 Å². The van der Waals surface area contributed by atoms with E-state index in [-0.39, 0.29) is 0 Å². The van der Waals surface area contributed by atoms with Crippen molar-refractivity contribution in [3.63, 3.8) is 0 Å². The highest BCUT2D eigenvalue weighted by molar-refractivity contribution is 5.29. The van der Waals surface area contributed by atoms with Crippen LogP contribution in [0.3, 0.4) is 0 Å². The summed E-state index contributed by atoms with van der Waals surface area (Å²) in [5.74, 6) is 1.53. The SMILES string of the molecule is CCOc1ncccc1[C@H]1CCCCN1CC(C)C. The molecule has 0 spiro atoms. The molecule has 0 saturated carbocycles. The van der Waals surface area contributed by atoms with E-state index in [1.165, 1.54) is 31.4 Å². The van der Waals surface area contributed by atoms with Crippen LogP contribution in [0.1, 0.15) is 51.6 Å². The van der Waals surface area contributed by atoms with Gasteiger partial charge in [-0.2, -0.15) is 0 Å². The van der Waals surface area contributed by atoms with Crippen LogP contribution in [0, 0.1) is 5.92 Å². The van der Waals surface area contributed by atoms with Gasteiger partial charge in [0.2, 0.25) is 5.88 Å². The Bertz CT molecular complexity index is 392. The minimum Gasteiger partial charge on any atom is -0.478 e. The number of likely N-dealkylation sites (tertiary alicyclic amines) is 1. The number of ether oxygens (including phenoxy) is 1. The highest BCUT2D eigenvalue weighted by Gasteiger charge is 2.27. The van der Waals surface area contributed by atoms with E-state index in [1.54, 1.807) is 0 Å². The normalized spacial score (nSPS) is 20.7. The summed E-state index contributed by atoms with van der Waals surface area (Å²) in [7, 11) is 0. The second-order valence-electron chi connectivity index (χ2n) is 5.73. The molecule has 1 aliphatic heterocycles. The minimum absolute atomic E-state index is 0.478. The van der Waals surface area contributed by atoms with Gasteiger partial charge in [0.05, 0.1) is 6.61 Å². The second kappa shape index (κ2) is 6.90. The highest BCUT2D eigenvalue weighted by Crippen LogP contribution is 2.35. The fourth-order valence-electron chi connectivity index (χ4n) is 2.94. The van der Waals surface area contributed by atoms with Crippen LogP contribution in [0.4, 0.5) is 0 Å². The lowest BCUT2D eigenvalue weighted by Gasteiger charge is -2.37. The summed E-state index contributed by atoms with van der Waals surface area (Å²) in [6.45, 7) is 9.64. The zero-order chi connectivity index (χ0) is 13.7. The largest absolute Gasteiger partial charge is 0.478 e.